The molecule has 16 heavy (non-hydrogen) atoms. The number of benzene rings is 1. The summed E-state index contributed by atoms with van der Waals surface area (Å²) in [4.78, 5) is 11.5. The first-order chi connectivity index (χ1) is 7.70. The predicted octanol–water partition coefficient (Wildman–Crippen LogP) is 0.387. The van der Waals surface area contributed by atoms with Gasteiger partial charge in [-0.15, -0.1) is 0 Å². The molecule has 0 fully saturated rings. The van der Waals surface area contributed by atoms with Gasteiger partial charge in [-0.1, -0.05) is 29.8 Å². The molecule has 1 heterocycles. The summed E-state index contributed by atoms with van der Waals surface area (Å²) in [6, 6.07) is 8.01. The summed E-state index contributed by atoms with van der Waals surface area (Å²) < 4.78 is 1.55. The van der Waals surface area contributed by atoms with E-state index in [1.165, 1.54) is 5.56 Å². The molecule has 0 amide bonds. The summed E-state index contributed by atoms with van der Waals surface area (Å²) in [5.41, 5.74) is 7.52. The summed E-state index contributed by atoms with van der Waals surface area (Å²) in [6.45, 7) is 2.78. The molecule has 3 N–H and O–H groups in total. The molecule has 0 unspecified atom stereocenters. The number of aryl methyl sites for hydroxylation is 1. The second-order valence-electron chi connectivity index (χ2n) is 3.72. The monoisotopic (exact) mass is 218 g/mol. The Balaban J connectivity index is 2.33. The molecule has 0 atom stereocenters. The molecule has 5 heteroatoms. The van der Waals surface area contributed by atoms with Crippen LogP contribution in [0.3, 0.4) is 0 Å². The number of nitrogens with one attached hydrogen (secondary N) is 1. The molecule has 2 rings (SSSR count). The van der Waals surface area contributed by atoms with E-state index in [-0.39, 0.29) is 12.2 Å². The minimum atomic E-state index is -0.220. The van der Waals surface area contributed by atoms with Crippen LogP contribution in [0.25, 0.3) is 0 Å². The van der Waals surface area contributed by atoms with E-state index in [2.05, 4.69) is 10.2 Å². The molecule has 0 saturated carbocycles. The summed E-state index contributed by atoms with van der Waals surface area (Å²) in [7, 11) is 0. The molecule has 5 nitrogen and oxygen atoms in total. The third-order valence-electron chi connectivity index (χ3n) is 2.44. The smallest absolute Gasteiger partial charge is 0.324 e. The van der Waals surface area contributed by atoms with Crippen LogP contribution in [-0.4, -0.2) is 14.8 Å². The Kier molecular flexibility index (Phi) is 2.87. The Hall–Kier alpha value is -1.88. The Bertz CT molecular complexity index is 541. The van der Waals surface area contributed by atoms with Crippen molar-refractivity contribution in [2.75, 3.05) is 0 Å². The second-order valence-corrected chi connectivity index (χ2v) is 3.72. The van der Waals surface area contributed by atoms with Crippen LogP contribution >= 0.6 is 0 Å². The van der Waals surface area contributed by atoms with Crippen molar-refractivity contribution in [2.24, 2.45) is 5.73 Å². The Morgan fingerprint density at radius 2 is 2.31 bits per heavy atom. The zero-order valence-corrected chi connectivity index (χ0v) is 9.10. The first-order valence-corrected chi connectivity index (χ1v) is 5.10. The van der Waals surface area contributed by atoms with Gasteiger partial charge in [-0.05, 0) is 12.5 Å². The van der Waals surface area contributed by atoms with Gasteiger partial charge in [0.2, 0.25) is 0 Å². The summed E-state index contributed by atoms with van der Waals surface area (Å²) >= 11 is 0. The number of H-pyrrole nitrogens is 1. The van der Waals surface area contributed by atoms with Gasteiger partial charge in [-0.25, -0.2) is 9.89 Å². The second kappa shape index (κ2) is 4.32. The van der Waals surface area contributed by atoms with Gasteiger partial charge < -0.3 is 5.73 Å². The number of hydrogen-bond acceptors (Lipinski definition) is 3. The van der Waals surface area contributed by atoms with Crippen molar-refractivity contribution >= 4 is 0 Å². The minimum absolute atomic E-state index is 0.220. The fraction of sp³-hybridized carbons (Fsp3) is 0.273. The maximum Gasteiger partial charge on any atom is 0.343 e. The van der Waals surface area contributed by atoms with Crippen molar-refractivity contribution in [1.82, 2.24) is 14.8 Å². The third kappa shape index (κ3) is 2.04. The van der Waals surface area contributed by atoms with Crippen molar-refractivity contribution in [1.29, 1.82) is 0 Å². The number of rotatable bonds is 3. The molecule has 0 aliphatic carbocycles. The number of hydrogen-bond donors (Lipinski definition) is 2. The normalized spacial score (nSPS) is 10.6. The van der Waals surface area contributed by atoms with Crippen LogP contribution in [0, 0.1) is 6.92 Å². The van der Waals surface area contributed by atoms with E-state index in [1.54, 1.807) is 4.57 Å². The van der Waals surface area contributed by atoms with Crippen LogP contribution in [0.4, 0.5) is 0 Å². The van der Waals surface area contributed by atoms with Gasteiger partial charge in [-0.2, -0.15) is 5.10 Å². The average Bonchev–Trinajstić information content (AvgIpc) is 2.60. The molecule has 0 bridgehead atoms. The summed E-state index contributed by atoms with van der Waals surface area (Å²) in [6.07, 6.45) is 0. The highest BCUT2D eigenvalue weighted by Crippen LogP contribution is 2.05. The zero-order chi connectivity index (χ0) is 11.5. The maximum atomic E-state index is 11.5. The number of aromatic nitrogens is 3. The van der Waals surface area contributed by atoms with Crippen LogP contribution in [-0.2, 0) is 13.1 Å². The van der Waals surface area contributed by atoms with Gasteiger partial charge in [0.05, 0.1) is 13.1 Å². The van der Waals surface area contributed by atoms with Crippen molar-refractivity contribution in [2.45, 2.75) is 20.0 Å². The number of aromatic amines is 1. The van der Waals surface area contributed by atoms with Crippen molar-refractivity contribution in [3.8, 4) is 0 Å². The van der Waals surface area contributed by atoms with Crippen LogP contribution in [0.5, 0.6) is 0 Å². The number of nitrogens with zero attached hydrogens (tertiary/aromatic N) is 2. The summed E-state index contributed by atoms with van der Waals surface area (Å²) in [5, 5.41) is 6.25. The topological polar surface area (TPSA) is 76.7 Å². The largest absolute Gasteiger partial charge is 0.343 e. The van der Waals surface area contributed by atoms with Crippen LogP contribution in [0.1, 0.15) is 17.0 Å². The minimum Gasteiger partial charge on any atom is -0.324 e. The lowest BCUT2D eigenvalue weighted by Gasteiger charge is -2.05. The fourth-order valence-corrected chi connectivity index (χ4v) is 1.66. The highest BCUT2D eigenvalue weighted by atomic mass is 16.1. The molecule has 2 aromatic rings. The predicted molar refractivity (Wildman–Crippen MR) is 61.0 cm³/mol. The van der Waals surface area contributed by atoms with Gasteiger partial charge >= 0.3 is 5.69 Å². The van der Waals surface area contributed by atoms with Gasteiger partial charge in [-0.3, -0.25) is 4.57 Å². The molecule has 0 radical (unpaired) electrons. The Morgan fingerprint density at radius 1 is 1.50 bits per heavy atom. The standard InChI is InChI=1S/C11H14N4O/c1-8-3-2-4-9(5-8)7-15-10(6-12)13-14-11(15)16/h2-5H,6-7,12H2,1H3,(H,14,16). The average molecular weight is 218 g/mol. The molecule has 84 valence electrons. The van der Waals surface area contributed by atoms with Gasteiger partial charge in [0.15, 0.2) is 0 Å². The molecule has 0 spiro atoms. The van der Waals surface area contributed by atoms with E-state index >= 15 is 0 Å². The van der Waals surface area contributed by atoms with Crippen molar-refractivity contribution < 1.29 is 0 Å². The highest BCUT2D eigenvalue weighted by molar-refractivity contribution is 5.22. The van der Waals surface area contributed by atoms with E-state index < -0.39 is 0 Å². The molecule has 1 aromatic carbocycles. The van der Waals surface area contributed by atoms with E-state index in [0.29, 0.717) is 12.4 Å². The highest BCUT2D eigenvalue weighted by Gasteiger charge is 2.06. The summed E-state index contributed by atoms with van der Waals surface area (Å²) in [5.74, 6) is 0.575. The molecular weight excluding hydrogens is 204 g/mol. The Labute approximate surface area is 92.9 Å². The van der Waals surface area contributed by atoms with Crippen LogP contribution in [0.2, 0.25) is 0 Å². The first kappa shape index (κ1) is 10.6. The molecule has 0 saturated heterocycles. The SMILES string of the molecule is Cc1cccc(Cn2c(CN)n[nH]c2=O)c1. The molecule has 0 aliphatic rings. The molecule has 1 aromatic heterocycles. The van der Waals surface area contributed by atoms with Crippen molar-refractivity contribution in [3.05, 3.63) is 51.7 Å². The van der Waals surface area contributed by atoms with E-state index in [9.17, 15) is 4.79 Å². The Morgan fingerprint density at radius 3 is 3.00 bits per heavy atom. The first-order valence-electron chi connectivity index (χ1n) is 5.10. The quantitative estimate of drug-likeness (QED) is 0.782. The van der Waals surface area contributed by atoms with Gasteiger partial charge in [0, 0.05) is 0 Å². The fourth-order valence-electron chi connectivity index (χ4n) is 1.66. The lowest BCUT2D eigenvalue weighted by molar-refractivity contribution is 0.703. The van der Waals surface area contributed by atoms with Gasteiger partial charge in [0.1, 0.15) is 5.82 Å². The van der Waals surface area contributed by atoms with E-state index in [1.807, 2.05) is 31.2 Å². The third-order valence-corrected chi connectivity index (χ3v) is 2.44. The zero-order valence-electron chi connectivity index (χ0n) is 9.10. The maximum absolute atomic E-state index is 11.5. The van der Waals surface area contributed by atoms with Crippen LogP contribution < -0.4 is 11.4 Å². The van der Waals surface area contributed by atoms with Crippen LogP contribution in [0.15, 0.2) is 29.1 Å². The number of nitrogens with two attached hydrogens (primary N) is 1. The van der Waals surface area contributed by atoms with Gasteiger partial charge in [0.25, 0.3) is 0 Å². The van der Waals surface area contributed by atoms with Crippen molar-refractivity contribution in [3.63, 3.8) is 0 Å². The lowest BCUT2D eigenvalue weighted by Crippen LogP contribution is -2.20. The van der Waals surface area contributed by atoms with E-state index in [0.717, 1.165) is 5.56 Å². The molecule has 0 aliphatic heterocycles. The lowest BCUT2D eigenvalue weighted by atomic mass is 10.1. The molecular formula is C11H14N4O. The van der Waals surface area contributed by atoms with E-state index in [4.69, 9.17) is 5.73 Å².